The minimum Gasteiger partial charge on any atom is -0.444 e. The molecule has 0 bridgehead atoms. The van der Waals surface area contributed by atoms with E-state index in [9.17, 15) is 14.0 Å². The number of ether oxygens (including phenoxy) is 1. The Morgan fingerprint density at radius 2 is 1.97 bits per heavy atom. The lowest BCUT2D eigenvalue weighted by atomic mass is 9.98. The maximum atomic E-state index is 14.2. The van der Waals surface area contributed by atoms with Crippen LogP contribution in [0.15, 0.2) is 42.9 Å². The molecule has 4 rings (SSSR count). The Bertz CT molecular complexity index is 1260. The lowest BCUT2D eigenvalue weighted by Crippen LogP contribution is -2.35. The van der Waals surface area contributed by atoms with Gasteiger partial charge in [-0.1, -0.05) is 0 Å². The summed E-state index contributed by atoms with van der Waals surface area (Å²) in [5.74, 6) is -0.613. The van der Waals surface area contributed by atoms with E-state index in [1.165, 1.54) is 12.1 Å². The number of rotatable bonds is 4. The molecule has 0 N–H and O–H groups in total. The number of nitrogens with zero attached hydrogens (tertiary/aromatic N) is 4. The van der Waals surface area contributed by atoms with Gasteiger partial charge in [0.15, 0.2) is 0 Å². The van der Waals surface area contributed by atoms with Gasteiger partial charge in [-0.25, -0.2) is 9.18 Å². The minimum atomic E-state index is -0.550. The average Bonchev–Trinajstić information content (AvgIpc) is 3.42. The van der Waals surface area contributed by atoms with Crippen molar-refractivity contribution in [2.45, 2.75) is 58.6 Å². The number of carbonyl (C=O) groups is 2. The molecule has 2 amide bonds. The molecule has 0 saturated carbocycles. The van der Waals surface area contributed by atoms with Crippen LogP contribution >= 0.6 is 0 Å². The first-order valence-electron chi connectivity index (χ1n) is 12.0. The zero-order valence-electron chi connectivity index (χ0n) is 21.2. The molecule has 1 aliphatic heterocycles. The van der Waals surface area contributed by atoms with Crippen LogP contribution in [0.2, 0.25) is 0 Å². The first-order chi connectivity index (χ1) is 16.5. The van der Waals surface area contributed by atoms with Gasteiger partial charge in [0, 0.05) is 49.9 Å². The van der Waals surface area contributed by atoms with Crippen LogP contribution in [-0.4, -0.2) is 63.1 Å². The maximum absolute atomic E-state index is 14.2. The van der Waals surface area contributed by atoms with Crippen molar-refractivity contribution in [3.05, 3.63) is 59.8 Å². The van der Waals surface area contributed by atoms with Gasteiger partial charge in [0.25, 0.3) is 5.91 Å². The van der Waals surface area contributed by atoms with E-state index in [4.69, 9.17) is 4.74 Å². The number of likely N-dealkylation sites (tertiary alicyclic amines) is 1. The van der Waals surface area contributed by atoms with Crippen LogP contribution in [0.25, 0.3) is 16.6 Å². The molecule has 0 spiro atoms. The summed E-state index contributed by atoms with van der Waals surface area (Å²) in [7, 11) is 1.71. The Hall–Kier alpha value is -3.42. The van der Waals surface area contributed by atoms with Gasteiger partial charge in [0.05, 0.1) is 23.0 Å². The van der Waals surface area contributed by atoms with Crippen LogP contribution in [0.1, 0.15) is 62.9 Å². The molecule has 0 aliphatic carbocycles. The lowest BCUT2D eigenvalue weighted by molar-refractivity contribution is 0.0292. The molecule has 1 atom stereocenters. The van der Waals surface area contributed by atoms with Crippen LogP contribution in [0.3, 0.4) is 0 Å². The van der Waals surface area contributed by atoms with Crippen LogP contribution in [0, 0.1) is 5.82 Å². The standard InChI is InChI=1S/C27H33FN4O3/c1-17(2)30(6)25(33)21-13-19(28)7-8-23(21)32-16-22(20-9-11-29-14-24(20)32)18-10-12-31(15-18)26(34)35-27(3,4)5/h7-9,11,13-14,16-18H,10,12,15H2,1-6H3. The number of amides is 2. The highest BCUT2D eigenvalue weighted by atomic mass is 19.1. The Morgan fingerprint density at radius 1 is 1.23 bits per heavy atom. The predicted molar refractivity (Wildman–Crippen MR) is 133 cm³/mol. The second-order valence-corrected chi connectivity index (χ2v) is 10.4. The van der Waals surface area contributed by atoms with Crippen LogP contribution in [-0.2, 0) is 4.74 Å². The monoisotopic (exact) mass is 480 g/mol. The molecule has 35 heavy (non-hydrogen) atoms. The molecule has 1 unspecified atom stereocenters. The highest BCUT2D eigenvalue weighted by Gasteiger charge is 2.32. The summed E-state index contributed by atoms with van der Waals surface area (Å²) in [4.78, 5) is 33.5. The van der Waals surface area contributed by atoms with Gasteiger partial charge in [0.1, 0.15) is 11.4 Å². The van der Waals surface area contributed by atoms with Gasteiger partial charge < -0.3 is 19.1 Å². The summed E-state index contributed by atoms with van der Waals surface area (Å²) >= 11 is 0. The molecule has 1 saturated heterocycles. The van der Waals surface area contributed by atoms with E-state index in [2.05, 4.69) is 4.98 Å². The Morgan fingerprint density at radius 3 is 2.66 bits per heavy atom. The summed E-state index contributed by atoms with van der Waals surface area (Å²) in [6.45, 7) is 10.6. The van der Waals surface area contributed by atoms with Crippen molar-refractivity contribution in [2.24, 2.45) is 0 Å². The first kappa shape index (κ1) is 24.7. The molecule has 7 nitrogen and oxygen atoms in total. The van der Waals surface area contributed by atoms with Crippen molar-refractivity contribution < 1.29 is 18.7 Å². The van der Waals surface area contributed by atoms with Gasteiger partial charge >= 0.3 is 6.09 Å². The van der Waals surface area contributed by atoms with E-state index in [0.29, 0.717) is 18.8 Å². The van der Waals surface area contributed by atoms with Crippen molar-refractivity contribution in [1.29, 1.82) is 0 Å². The van der Waals surface area contributed by atoms with Crippen LogP contribution in [0.5, 0.6) is 0 Å². The van der Waals surface area contributed by atoms with Gasteiger partial charge in [-0.15, -0.1) is 0 Å². The molecule has 3 aromatic rings. The van der Waals surface area contributed by atoms with E-state index >= 15 is 0 Å². The summed E-state index contributed by atoms with van der Waals surface area (Å²) in [6.07, 6.45) is 5.97. The molecule has 1 aliphatic rings. The highest BCUT2D eigenvalue weighted by molar-refractivity contribution is 5.99. The number of hydrogen-bond acceptors (Lipinski definition) is 4. The molecular weight excluding hydrogens is 447 g/mol. The maximum Gasteiger partial charge on any atom is 0.410 e. The number of pyridine rings is 1. The van der Waals surface area contributed by atoms with Gasteiger partial charge in [-0.2, -0.15) is 0 Å². The molecule has 1 aromatic carbocycles. The molecule has 8 heteroatoms. The summed E-state index contributed by atoms with van der Waals surface area (Å²) in [5.41, 5.74) is 2.22. The smallest absolute Gasteiger partial charge is 0.410 e. The molecule has 1 fully saturated rings. The lowest BCUT2D eigenvalue weighted by Gasteiger charge is -2.24. The molecule has 186 valence electrons. The Kier molecular flexibility index (Phi) is 6.58. The van der Waals surface area contributed by atoms with Gasteiger partial charge in [0.2, 0.25) is 0 Å². The van der Waals surface area contributed by atoms with Crippen LogP contribution in [0.4, 0.5) is 9.18 Å². The molecule has 3 heterocycles. The van der Waals surface area contributed by atoms with Crippen LogP contribution < -0.4 is 0 Å². The second-order valence-electron chi connectivity index (χ2n) is 10.4. The molecule has 0 radical (unpaired) electrons. The van der Waals surface area contributed by atoms with E-state index < -0.39 is 11.4 Å². The second kappa shape index (κ2) is 9.32. The van der Waals surface area contributed by atoms with Crippen molar-refractivity contribution in [1.82, 2.24) is 19.4 Å². The first-order valence-corrected chi connectivity index (χ1v) is 12.0. The summed E-state index contributed by atoms with van der Waals surface area (Å²) in [5, 5.41) is 0.996. The predicted octanol–water partition coefficient (Wildman–Crippen LogP) is 5.37. The zero-order chi connectivity index (χ0) is 25.5. The van der Waals surface area contributed by atoms with Crippen molar-refractivity contribution in [3.63, 3.8) is 0 Å². The summed E-state index contributed by atoms with van der Waals surface area (Å²) < 4.78 is 21.7. The number of aromatic nitrogens is 2. The number of benzene rings is 1. The normalized spacial score (nSPS) is 16.2. The number of halogens is 1. The third-order valence-corrected chi connectivity index (χ3v) is 6.46. The fraction of sp³-hybridized carbons (Fsp3) is 0.444. The van der Waals surface area contributed by atoms with Crippen molar-refractivity contribution in [3.8, 4) is 5.69 Å². The van der Waals surface area contributed by atoms with Gasteiger partial charge in [-0.05, 0) is 70.9 Å². The number of hydrogen-bond donors (Lipinski definition) is 0. The number of carbonyl (C=O) groups excluding carboxylic acids is 2. The summed E-state index contributed by atoms with van der Waals surface area (Å²) in [6, 6.07) is 6.20. The minimum absolute atomic E-state index is 0.0328. The SMILES string of the molecule is CC(C)N(C)C(=O)c1cc(F)ccc1-n1cc(C2CCN(C(=O)OC(C)(C)C)C2)c2ccncc21. The van der Waals surface area contributed by atoms with Crippen molar-refractivity contribution in [2.75, 3.05) is 20.1 Å². The quantitative estimate of drug-likeness (QED) is 0.504. The molecule has 2 aromatic heterocycles. The Balaban J connectivity index is 1.74. The highest BCUT2D eigenvalue weighted by Crippen LogP contribution is 2.36. The zero-order valence-corrected chi connectivity index (χ0v) is 21.2. The van der Waals surface area contributed by atoms with E-state index in [0.717, 1.165) is 22.9 Å². The average molecular weight is 481 g/mol. The van der Waals surface area contributed by atoms with E-state index in [-0.39, 0.29) is 29.5 Å². The fourth-order valence-corrected chi connectivity index (χ4v) is 4.45. The Labute approximate surface area is 205 Å². The topological polar surface area (TPSA) is 67.7 Å². The third kappa shape index (κ3) is 5.01. The van der Waals surface area contributed by atoms with E-state index in [1.54, 1.807) is 35.3 Å². The largest absolute Gasteiger partial charge is 0.444 e. The molecular formula is C27H33FN4O3. The van der Waals surface area contributed by atoms with Crippen molar-refractivity contribution >= 4 is 22.9 Å². The fourth-order valence-electron chi connectivity index (χ4n) is 4.45. The van der Waals surface area contributed by atoms with E-state index in [1.807, 2.05) is 51.4 Å². The van der Waals surface area contributed by atoms with Gasteiger partial charge in [-0.3, -0.25) is 9.78 Å². The third-order valence-electron chi connectivity index (χ3n) is 6.46. The number of fused-ring (bicyclic) bond motifs is 1.